The summed E-state index contributed by atoms with van der Waals surface area (Å²) in [6.07, 6.45) is -1.45. The highest BCUT2D eigenvalue weighted by atomic mass is 16.7. The highest BCUT2D eigenvalue weighted by Crippen LogP contribution is 2.16. The first-order valence-electron chi connectivity index (χ1n) is 7.46. The van der Waals surface area contributed by atoms with Crippen molar-refractivity contribution in [2.75, 3.05) is 31.2 Å². The van der Waals surface area contributed by atoms with E-state index in [-0.39, 0.29) is 13.1 Å². The minimum atomic E-state index is -0.726. The van der Waals surface area contributed by atoms with Crippen LogP contribution in [0.3, 0.4) is 0 Å². The van der Waals surface area contributed by atoms with Crippen LogP contribution in [-0.2, 0) is 28.5 Å². The monoisotopic (exact) mass is 325 g/mol. The zero-order valence-corrected chi connectivity index (χ0v) is 13.4. The predicted molar refractivity (Wildman–Crippen MR) is 83.8 cm³/mol. The van der Waals surface area contributed by atoms with Gasteiger partial charge >= 0.3 is 0 Å². The number of hydrogen-bond acceptors (Lipinski definition) is 7. The van der Waals surface area contributed by atoms with Crippen LogP contribution in [0.4, 0.5) is 5.69 Å². The number of para-hydroxylation sites is 1. The third-order valence-corrected chi connectivity index (χ3v) is 2.98. The summed E-state index contributed by atoms with van der Waals surface area (Å²) in [6.45, 7) is 5.70. The van der Waals surface area contributed by atoms with Crippen LogP contribution in [0, 0.1) is 0 Å². The van der Waals surface area contributed by atoms with Crippen molar-refractivity contribution in [3.8, 4) is 0 Å². The maximum absolute atomic E-state index is 10.6. The lowest BCUT2D eigenvalue weighted by Crippen LogP contribution is -2.41. The first-order chi connectivity index (χ1) is 11.2. The molecule has 23 heavy (non-hydrogen) atoms. The van der Waals surface area contributed by atoms with Crippen LogP contribution in [0.5, 0.6) is 0 Å². The molecule has 0 N–H and O–H groups in total. The molecule has 0 heterocycles. The van der Waals surface area contributed by atoms with Crippen molar-refractivity contribution >= 4 is 18.6 Å². The van der Waals surface area contributed by atoms with Crippen LogP contribution in [-0.4, -0.2) is 51.8 Å². The Bertz CT molecular complexity index is 419. The molecule has 0 aliphatic heterocycles. The van der Waals surface area contributed by atoms with Crippen LogP contribution in [0.2, 0.25) is 0 Å². The molecule has 0 bridgehead atoms. The second-order valence-electron chi connectivity index (χ2n) is 4.47. The van der Waals surface area contributed by atoms with Crippen molar-refractivity contribution in [3.05, 3.63) is 30.3 Å². The summed E-state index contributed by atoms with van der Waals surface area (Å²) in [5.74, 6) is 0. The van der Waals surface area contributed by atoms with Crippen molar-refractivity contribution in [3.63, 3.8) is 0 Å². The van der Waals surface area contributed by atoms with Gasteiger partial charge in [0.2, 0.25) is 12.6 Å². The lowest BCUT2D eigenvalue weighted by molar-refractivity contribution is -0.163. The average molecular weight is 325 g/mol. The van der Waals surface area contributed by atoms with Gasteiger partial charge in [-0.05, 0) is 26.0 Å². The molecule has 128 valence electrons. The third kappa shape index (κ3) is 7.12. The van der Waals surface area contributed by atoms with E-state index in [1.54, 1.807) is 0 Å². The number of carbonyl (C=O) groups is 2. The molecular formula is C16H23NO6. The van der Waals surface area contributed by atoms with Crippen LogP contribution in [0.25, 0.3) is 0 Å². The zero-order chi connectivity index (χ0) is 16.9. The fraction of sp³-hybridized carbons (Fsp3) is 0.500. The van der Waals surface area contributed by atoms with E-state index in [0.29, 0.717) is 26.2 Å². The van der Waals surface area contributed by atoms with E-state index in [1.807, 2.05) is 49.1 Å². The van der Waals surface area contributed by atoms with Gasteiger partial charge in [0, 0.05) is 18.9 Å². The summed E-state index contributed by atoms with van der Waals surface area (Å²) in [4.78, 5) is 23.1. The van der Waals surface area contributed by atoms with Crippen molar-refractivity contribution in [2.24, 2.45) is 0 Å². The van der Waals surface area contributed by atoms with E-state index < -0.39 is 12.6 Å². The Morgan fingerprint density at radius 2 is 1.39 bits per heavy atom. The molecular weight excluding hydrogens is 302 g/mol. The number of benzene rings is 1. The summed E-state index contributed by atoms with van der Waals surface area (Å²) in [7, 11) is 0. The normalized spacial score (nSPS) is 13.0. The van der Waals surface area contributed by atoms with Gasteiger partial charge in [0.1, 0.15) is 0 Å². The molecule has 0 amide bonds. The molecule has 0 fully saturated rings. The molecule has 7 heteroatoms. The fourth-order valence-corrected chi connectivity index (χ4v) is 2.05. The molecule has 0 aromatic heterocycles. The Kier molecular flexibility index (Phi) is 9.42. The summed E-state index contributed by atoms with van der Waals surface area (Å²) in [5.41, 5.74) is 0.867. The second kappa shape index (κ2) is 11.4. The Morgan fingerprint density at radius 1 is 0.913 bits per heavy atom. The maximum Gasteiger partial charge on any atom is 0.295 e. The first-order valence-corrected chi connectivity index (χ1v) is 7.46. The van der Waals surface area contributed by atoms with E-state index in [2.05, 4.69) is 0 Å². The number of nitrogens with zero attached hydrogens (tertiary/aromatic N) is 1. The molecule has 1 aromatic rings. The van der Waals surface area contributed by atoms with E-state index in [4.69, 9.17) is 18.9 Å². The van der Waals surface area contributed by atoms with Crippen LogP contribution in [0.1, 0.15) is 13.8 Å². The van der Waals surface area contributed by atoms with Crippen molar-refractivity contribution < 1.29 is 28.5 Å². The zero-order valence-electron chi connectivity index (χ0n) is 13.4. The molecule has 0 aliphatic rings. The van der Waals surface area contributed by atoms with Gasteiger partial charge in [0.15, 0.2) is 0 Å². The van der Waals surface area contributed by atoms with Gasteiger partial charge in [0.05, 0.1) is 13.1 Å². The first kappa shape index (κ1) is 18.9. The Hall–Kier alpha value is -2.12. The van der Waals surface area contributed by atoms with Gasteiger partial charge in [-0.25, -0.2) is 0 Å². The van der Waals surface area contributed by atoms with Crippen LogP contribution >= 0.6 is 0 Å². The quantitative estimate of drug-likeness (QED) is 0.402. The van der Waals surface area contributed by atoms with Gasteiger partial charge in [-0.15, -0.1) is 0 Å². The van der Waals surface area contributed by atoms with Crippen LogP contribution in [0.15, 0.2) is 30.3 Å². The van der Waals surface area contributed by atoms with Gasteiger partial charge in [-0.1, -0.05) is 18.2 Å². The summed E-state index contributed by atoms with van der Waals surface area (Å²) < 4.78 is 20.7. The van der Waals surface area contributed by atoms with Crippen molar-refractivity contribution in [1.82, 2.24) is 0 Å². The van der Waals surface area contributed by atoms with E-state index >= 15 is 0 Å². The number of carbonyl (C=O) groups excluding carboxylic acids is 2. The molecule has 1 rings (SSSR count). The average Bonchev–Trinajstić information content (AvgIpc) is 2.56. The van der Waals surface area contributed by atoms with Crippen LogP contribution < -0.4 is 4.90 Å². The Labute approximate surface area is 136 Å². The summed E-state index contributed by atoms with van der Waals surface area (Å²) in [5, 5.41) is 0. The molecule has 2 atom stereocenters. The molecule has 0 aliphatic carbocycles. The molecule has 7 nitrogen and oxygen atoms in total. The molecule has 0 radical (unpaired) electrons. The van der Waals surface area contributed by atoms with Crippen molar-refractivity contribution in [2.45, 2.75) is 26.4 Å². The second-order valence-corrected chi connectivity index (χ2v) is 4.47. The van der Waals surface area contributed by atoms with Crippen molar-refractivity contribution in [1.29, 1.82) is 0 Å². The topological polar surface area (TPSA) is 74.3 Å². The minimum Gasteiger partial charge on any atom is -0.436 e. The van der Waals surface area contributed by atoms with Gasteiger partial charge in [-0.3, -0.25) is 9.59 Å². The lowest BCUT2D eigenvalue weighted by atomic mass is 10.2. The minimum absolute atomic E-state index is 0.280. The lowest BCUT2D eigenvalue weighted by Gasteiger charge is -2.30. The number of anilines is 1. The Balaban J connectivity index is 2.87. The molecule has 0 spiro atoms. The smallest absolute Gasteiger partial charge is 0.295 e. The SMILES string of the molecule is CCOC(CN(CC(OC=O)OCC)c1ccccc1)OC=O. The largest absolute Gasteiger partial charge is 0.436 e. The maximum atomic E-state index is 10.6. The summed E-state index contributed by atoms with van der Waals surface area (Å²) in [6, 6.07) is 9.46. The van der Waals surface area contributed by atoms with Gasteiger partial charge < -0.3 is 23.8 Å². The number of rotatable bonds is 13. The Morgan fingerprint density at radius 3 is 1.78 bits per heavy atom. The standard InChI is InChI=1S/C16H23NO6/c1-3-20-15(22-12-18)10-17(14-8-6-5-7-9-14)11-16(21-4-2)23-13-19/h5-9,12-13,15-16H,3-4,10-11H2,1-2H3. The third-order valence-electron chi connectivity index (χ3n) is 2.98. The molecule has 0 saturated heterocycles. The molecule has 0 saturated carbocycles. The number of hydrogen-bond donors (Lipinski definition) is 0. The summed E-state index contributed by atoms with van der Waals surface area (Å²) >= 11 is 0. The van der Waals surface area contributed by atoms with E-state index in [9.17, 15) is 9.59 Å². The number of ether oxygens (including phenoxy) is 4. The van der Waals surface area contributed by atoms with Gasteiger partial charge in [-0.2, -0.15) is 0 Å². The van der Waals surface area contributed by atoms with E-state index in [1.165, 1.54) is 0 Å². The highest BCUT2D eigenvalue weighted by Gasteiger charge is 2.21. The fourth-order valence-electron chi connectivity index (χ4n) is 2.05. The molecule has 2 unspecified atom stereocenters. The predicted octanol–water partition coefficient (Wildman–Crippen LogP) is 1.56. The molecule has 1 aromatic carbocycles. The highest BCUT2D eigenvalue weighted by molar-refractivity contribution is 5.46. The van der Waals surface area contributed by atoms with E-state index in [0.717, 1.165) is 5.69 Å². The van der Waals surface area contributed by atoms with Gasteiger partial charge in [0.25, 0.3) is 12.9 Å².